The normalized spacial score (nSPS) is 19.6. The Labute approximate surface area is 175 Å². The van der Waals surface area contributed by atoms with Crippen LogP contribution in [0.4, 0.5) is 5.69 Å². The number of benzene rings is 2. The number of aryl methyl sites for hydroxylation is 1. The molecule has 2 heterocycles. The highest BCUT2D eigenvalue weighted by Gasteiger charge is 2.33. The van der Waals surface area contributed by atoms with Crippen LogP contribution in [0.1, 0.15) is 22.8 Å². The lowest BCUT2D eigenvalue weighted by atomic mass is 10.1. The van der Waals surface area contributed by atoms with Crippen LogP contribution in [0.15, 0.2) is 47.4 Å². The number of ether oxygens (including phenoxy) is 1. The van der Waals surface area contributed by atoms with E-state index in [0.29, 0.717) is 35.7 Å². The molecule has 1 fully saturated rings. The molecule has 0 aromatic heterocycles. The zero-order chi connectivity index (χ0) is 21.5. The molecule has 0 saturated carbocycles. The van der Waals surface area contributed by atoms with Crippen LogP contribution in [-0.2, 0) is 14.8 Å². The topological polar surface area (TPSA) is 96.0 Å². The van der Waals surface area contributed by atoms with Gasteiger partial charge in [0.15, 0.2) is 6.10 Å². The Morgan fingerprint density at radius 1 is 1.10 bits per heavy atom. The number of nitrogens with zero attached hydrogens (tertiary/aromatic N) is 2. The van der Waals surface area contributed by atoms with Gasteiger partial charge in [-0.25, -0.2) is 8.42 Å². The maximum Gasteiger partial charge on any atom is 0.265 e. The molecule has 8 nitrogen and oxygen atoms in total. The first-order valence-electron chi connectivity index (χ1n) is 9.74. The van der Waals surface area contributed by atoms with Gasteiger partial charge in [0.25, 0.3) is 11.8 Å². The van der Waals surface area contributed by atoms with Crippen LogP contribution in [0.5, 0.6) is 5.75 Å². The average molecular weight is 429 g/mol. The standard InChI is InChI=1S/C21H23N3O5S/c1-14-12-17-18(29-15(2)20(25)22-17)13-19(14)30(27,28)24-10-8-23(9-11-24)21(26)16-6-4-3-5-7-16/h3-7,12-13,15H,8-11H2,1-2H3,(H,22,25)/t15-/m0/s1. The van der Waals surface area contributed by atoms with Crippen LogP contribution < -0.4 is 10.1 Å². The maximum atomic E-state index is 13.3. The summed E-state index contributed by atoms with van der Waals surface area (Å²) in [5.74, 6) is -0.0309. The van der Waals surface area contributed by atoms with Crippen molar-refractivity contribution in [2.45, 2.75) is 24.8 Å². The first kappa shape index (κ1) is 20.4. The highest BCUT2D eigenvalue weighted by molar-refractivity contribution is 7.89. The van der Waals surface area contributed by atoms with Crippen molar-refractivity contribution in [3.63, 3.8) is 0 Å². The molecule has 1 N–H and O–H groups in total. The van der Waals surface area contributed by atoms with Gasteiger partial charge in [0.05, 0.1) is 10.6 Å². The number of carbonyl (C=O) groups excluding carboxylic acids is 2. The molecule has 2 aromatic carbocycles. The van der Waals surface area contributed by atoms with Gasteiger partial charge in [0.1, 0.15) is 5.75 Å². The molecule has 0 spiro atoms. The molecule has 2 amide bonds. The molecule has 0 aliphatic carbocycles. The van der Waals surface area contributed by atoms with E-state index in [1.165, 1.54) is 10.4 Å². The minimum Gasteiger partial charge on any atom is -0.479 e. The maximum absolute atomic E-state index is 13.3. The molecule has 4 rings (SSSR count). The van der Waals surface area contributed by atoms with Gasteiger partial charge in [-0.2, -0.15) is 4.31 Å². The van der Waals surface area contributed by atoms with Crippen LogP contribution in [0.2, 0.25) is 0 Å². The van der Waals surface area contributed by atoms with Crippen molar-refractivity contribution in [3.05, 3.63) is 53.6 Å². The third-order valence-electron chi connectivity index (χ3n) is 5.37. The number of nitrogens with one attached hydrogen (secondary N) is 1. The number of hydrogen-bond acceptors (Lipinski definition) is 5. The second-order valence-electron chi connectivity index (χ2n) is 7.43. The summed E-state index contributed by atoms with van der Waals surface area (Å²) in [5, 5.41) is 2.73. The van der Waals surface area contributed by atoms with E-state index in [1.807, 2.05) is 6.07 Å². The molecular weight excluding hydrogens is 406 g/mol. The second kappa shape index (κ2) is 7.73. The SMILES string of the molecule is Cc1cc2c(cc1S(=O)(=O)N1CCN(C(=O)c3ccccc3)CC1)O[C@@H](C)C(=O)N2. The predicted molar refractivity (Wildman–Crippen MR) is 111 cm³/mol. The number of sulfonamides is 1. The number of carbonyl (C=O) groups is 2. The quantitative estimate of drug-likeness (QED) is 0.804. The third kappa shape index (κ3) is 3.66. The van der Waals surface area contributed by atoms with Crippen LogP contribution in [0.3, 0.4) is 0 Å². The molecule has 9 heteroatoms. The highest BCUT2D eigenvalue weighted by Crippen LogP contribution is 2.35. The van der Waals surface area contributed by atoms with Crippen molar-refractivity contribution in [3.8, 4) is 5.75 Å². The van der Waals surface area contributed by atoms with E-state index in [9.17, 15) is 18.0 Å². The Hall–Kier alpha value is -2.91. The summed E-state index contributed by atoms with van der Waals surface area (Å²) in [6, 6.07) is 12.0. The number of fused-ring (bicyclic) bond motifs is 1. The number of piperazine rings is 1. The third-order valence-corrected chi connectivity index (χ3v) is 7.41. The fraction of sp³-hybridized carbons (Fsp3) is 0.333. The molecule has 0 radical (unpaired) electrons. The van der Waals surface area contributed by atoms with Gasteiger partial charge in [-0.3, -0.25) is 9.59 Å². The second-order valence-corrected chi connectivity index (χ2v) is 9.33. The number of anilines is 1. The lowest BCUT2D eigenvalue weighted by molar-refractivity contribution is -0.122. The van der Waals surface area contributed by atoms with Gasteiger partial charge in [-0.1, -0.05) is 18.2 Å². The van der Waals surface area contributed by atoms with Crippen LogP contribution >= 0.6 is 0 Å². The Balaban J connectivity index is 1.52. The zero-order valence-corrected chi connectivity index (χ0v) is 17.6. The smallest absolute Gasteiger partial charge is 0.265 e. The summed E-state index contributed by atoms with van der Waals surface area (Å²) in [6.07, 6.45) is -0.691. The minimum atomic E-state index is -3.77. The lowest BCUT2D eigenvalue weighted by Gasteiger charge is -2.34. The van der Waals surface area contributed by atoms with E-state index in [2.05, 4.69) is 5.32 Å². The van der Waals surface area contributed by atoms with E-state index < -0.39 is 16.1 Å². The van der Waals surface area contributed by atoms with E-state index in [1.54, 1.807) is 49.1 Å². The van der Waals surface area contributed by atoms with E-state index in [4.69, 9.17) is 4.74 Å². The van der Waals surface area contributed by atoms with Crippen LogP contribution in [0, 0.1) is 6.92 Å². The summed E-state index contributed by atoms with van der Waals surface area (Å²) in [4.78, 5) is 26.2. The van der Waals surface area contributed by atoms with E-state index in [-0.39, 0.29) is 29.8 Å². The lowest BCUT2D eigenvalue weighted by Crippen LogP contribution is -2.50. The van der Waals surface area contributed by atoms with Crippen LogP contribution in [0.25, 0.3) is 0 Å². The summed E-state index contributed by atoms with van der Waals surface area (Å²) in [6.45, 7) is 4.36. The largest absolute Gasteiger partial charge is 0.479 e. The van der Waals surface area contributed by atoms with E-state index in [0.717, 1.165) is 0 Å². The first-order valence-corrected chi connectivity index (χ1v) is 11.2. The van der Waals surface area contributed by atoms with Crippen molar-refractivity contribution in [1.82, 2.24) is 9.21 Å². The van der Waals surface area contributed by atoms with E-state index >= 15 is 0 Å². The summed E-state index contributed by atoms with van der Waals surface area (Å²) >= 11 is 0. The molecule has 2 aliphatic rings. The molecule has 0 bridgehead atoms. The Kier molecular flexibility index (Phi) is 5.25. The fourth-order valence-electron chi connectivity index (χ4n) is 3.65. The summed E-state index contributed by atoms with van der Waals surface area (Å²) in [5.41, 5.74) is 1.58. The van der Waals surface area contributed by atoms with Gasteiger partial charge < -0.3 is 15.0 Å². The Morgan fingerprint density at radius 3 is 2.43 bits per heavy atom. The molecule has 30 heavy (non-hydrogen) atoms. The van der Waals surface area contributed by atoms with Gasteiger partial charge in [0, 0.05) is 37.8 Å². The van der Waals surface area contributed by atoms with Crippen molar-refractivity contribution in [2.24, 2.45) is 0 Å². The first-order chi connectivity index (χ1) is 14.3. The highest BCUT2D eigenvalue weighted by atomic mass is 32.2. The fourth-order valence-corrected chi connectivity index (χ4v) is 5.30. The van der Waals surface area contributed by atoms with Crippen molar-refractivity contribution in [2.75, 3.05) is 31.5 Å². The van der Waals surface area contributed by atoms with Crippen molar-refractivity contribution >= 4 is 27.5 Å². The Bertz CT molecular complexity index is 1090. The molecule has 1 saturated heterocycles. The minimum absolute atomic E-state index is 0.101. The molecule has 2 aromatic rings. The summed E-state index contributed by atoms with van der Waals surface area (Å²) < 4.78 is 33.5. The van der Waals surface area contributed by atoms with Crippen LogP contribution in [-0.4, -0.2) is 61.7 Å². The Morgan fingerprint density at radius 2 is 1.77 bits per heavy atom. The van der Waals surface area contributed by atoms with Gasteiger partial charge in [0.2, 0.25) is 10.0 Å². The predicted octanol–water partition coefficient (Wildman–Crippen LogP) is 1.86. The summed E-state index contributed by atoms with van der Waals surface area (Å²) in [7, 11) is -3.77. The number of amides is 2. The number of rotatable bonds is 3. The van der Waals surface area contributed by atoms with Gasteiger partial charge >= 0.3 is 0 Å². The van der Waals surface area contributed by atoms with Gasteiger partial charge in [-0.05, 0) is 37.6 Å². The molecule has 1 atom stereocenters. The zero-order valence-electron chi connectivity index (χ0n) is 16.8. The molecule has 0 unspecified atom stereocenters. The van der Waals surface area contributed by atoms with Gasteiger partial charge in [-0.15, -0.1) is 0 Å². The number of hydrogen-bond donors (Lipinski definition) is 1. The monoisotopic (exact) mass is 429 g/mol. The van der Waals surface area contributed by atoms with Crippen molar-refractivity contribution in [1.29, 1.82) is 0 Å². The molecule has 2 aliphatic heterocycles. The van der Waals surface area contributed by atoms with Crippen molar-refractivity contribution < 1.29 is 22.7 Å². The molecular formula is C21H23N3O5S. The average Bonchev–Trinajstić information content (AvgIpc) is 2.74. The molecule has 158 valence electrons.